The third kappa shape index (κ3) is 3.71. The van der Waals surface area contributed by atoms with Crippen LogP contribution >= 0.6 is 22.7 Å². The van der Waals surface area contributed by atoms with Crippen molar-refractivity contribution in [2.45, 2.75) is 6.42 Å². The quantitative estimate of drug-likeness (QED) is 0.316. The third-order valence-corrected chi connectivity index (χ3v) is 6.77. The monoisotopic (exact) mass is 408 g/mol. The molecule has 0 unspecified atom stereocenters. The summed E-state index contributed by atoms with van der Waals surface area (Å²) in [5.41, 5.74) is 2.16. The van der Waals surface area contributed by atoms with Gasteiger partial charge >= 0.3 is 0 Å². The lowest BCUT2D eigenvalue weighted by molar-refractivity contribution is 0.415. The molecule has 0 aliphatic heterocycles. The largest absolute Gasteiger partial charge is 0.497 e. The van der Waals surface area contributed by atoms with Gasteiger partial charge in [0.1, 0.15) is 5.75 Å². The van der Waals surface area contributed by atoms with Crippen LogP contribution in [0.1, 0.15) is 21.7 Å². The van der Waals surface area contributed by atoms with E-state index < -0.39 is 0 Å². The van der Waals surface area contributed by atoms with E-state index in [1.807, 2.05) is 24.3 Å². The minimum atomic E-state index is 0.844. The van der Waals surface area contributed by atoms with Crippen LogP contribution in [-0.2, 0) is 0 Å². The molecule has 138 valence electrons. The fourth-order valence-electron chi connectivity index (χ4n) is 3.24. The molecule has 0 bridgehead atoms. The summed E-state index contributed by atoms with van der Waals surface area (Å²) in [6.45, 7) is 0. The molecule has 1 nitrogen and oxygen atoms in total. The Morgan fingerprint density at radius 1 is 0.793 bits per heavy atom. The predicted octanol–water partition coefficient (Wildman–Crippen LogP) is 6.76. The highest BCUT2D eigenvalue weighted by molar-refractivity contribution is 7.21. The van der Waals surface area contributed by atoms with Gasteiger partial charge < -0.3 is 4.74 Å². The molecule has 0 radical (unpaired) electrons. The van der Waals surface area contributed by atoms with E-state index in [4.69, 9.17) is 4.74 Å². The van der Waals surface area contributed by atoms with Crippen LogP contribution in [0.25, 0.3) is 20.2 Å². The molecule has 0 atom stereocenters. The normalized spacial score (nSPS) is 12.4. The minimum absolute atomic E-state index is 0.844. The van der Waals surface area contributed by atoms with Gasteiger partial charge in [0.15, 0.2) is 0 Å². The van der Waals surface area contributed by atoms with Crippen molar-refractivity contribution in [1.82, 2.24) is 0 Å². The molecule has 1 aliphatic rings. The van der Waals surface area contributed by atoms with Gasteiger partial charge in [-0.2, -0.15) is 0 Å². The second kappa shape index (κ2) is 7.64. The maximum Gasteiger partial charge on any atom is 0.118 e. The maximum absolute atomic E-state index is 5.20. The van der Waals surface area contributed by atoms with Crippen LogP contribution in [0.15, 0.2) is 72.3 Å². The van der Waals surface area contributed by atoms with Gasteiger partial charge in [-0.15, -0.1) is 22.7 Å². The highest BCUT2D eigenvalue weighted by Gasteiger charge is 2.08. The lowest BCUT2D eigenvalue weighted by atomic mass is 10.1. The Labute approximate surface area is 178 Å². The molecule has 0 amide bonds. The Balaban J connectivity index is 1.48. The standard InChI is InChI=1S/C26H16OS2/c1-27-20-10-6-19(7-11-20)9-13-22-17-24-23-16-21(12-8-18-4-2-3-5-18)28-25(23)14-15-26(24)29-22/h2-4,6-7,10-11,14-17H,5H2,1H3. The summed E-state index contributed by atoms with van der Waals surface area (Å²) in [6.07, 6.45) is 7.24. The van der Waals surface area contributed by atoms with Crippen LogP contribution in [0, 0.1) is 23.7 Å². The lowest BCUT2D eigenvalue weighted by Gasteiger charge is -1.97. The summed E-state index contributed by atoms with van der Waals surface area (Å²) in [4.78, 5) is 2.18. The van der Waals surface area contributed by atoms with Crippen molar-refractivity contribution in [2.75, 3.05) is 7.11 Å². The number of hydrogen-bond acceptors (Lipinski definition) is 3. The lowest BCUT2D eigenvalue weighted by Crippen LogP contribution is -1.81. The van der Waals surface area contributed by atoms with Crippen molar-refractivity contribution >= 4 is 42.8 Å². The molecule has 5 rings (SSSR count). The number of methoxy groups -OCH3 is 1. The van der Waals surface area contributed by atoms with E-state index in [0.717, 1.165) is 27.5 Å². The number of fused-ring (bicyclic) bond motifs is 3. The molecule has 0 saturated carbocycles. The summed E-state index contributed by atoms with van der Waals surface area (Å²) in [6, 6.07) is 16.6. The highest BCUT2D eigenvalue weighted by Crippen LogP contribution is 2.36. The Morgan fingerprint density at radius 2 is 1.45 bits per heavy atom. The maximum atomic E-state index is 5.20. The number of thiophene rings is 2. The van der Waals surface area contributed by atoms with Crippen LogP contribution in [0.3, 0.4) is 0 Å². The molecule has 2 aromatic heterocycles. The first-order chi connectivity index (χ1) is 14.3. The number of hydrogen-bond donors (Lipinski definition) is 0. The van der Waals surface area contributed by atoms with Crippen molar-refractivity contribution in [3.05, 3.63) is 87.6 Å². The number of allylic oxidation sites excluding steroid dienone is 4. The van der Waals surface area contributed by atoms with E-state index in [0.29, 0.717) is 0 Å². The van der Waals surface area contributed by atoms with Gasteiger partial charge in [-0.25, -0.2) is 0 Å². The van der Waals surface area contributed by atoms with Gasteiger partial charge in [-0.05, 0) is 55.0 Å². The molecule has 1 aliphatic carbocycles. The SMILES string of the molecule is COc1ccc(C#Cc2cc3c(ccc4sc(C#CC5=CC=CC5)cc43)s2)cc1. The van der Waals surface area contributed by atoms with Crippen LogP contribution in [-0.4, -0.2) is 7.11 Å². The van der Waals surface area contributed by atoms with Gasteiger partial charge in [-0.1, -0.05) is 41.9 Å². The topological polar surface area (TPSA) is 9.23 Å². The predicted molar refractivity (Wildman–Crippen MR) is 125 cm³/mol. The average Bonchev–Trinajstić information content (AvgIpc) is 3.49. The zero-order chi connectivity index (χ0) is 19.6. The Morgan fingerprint density at radius 3 is 2.03 bits per heavy atom. The number of rotatable bonds is 1. The van der Waals surface area contributed by atoms with Crippen molar-refractivity contribution in [1.29, 1.82) is 0 Å². The highest BCUT2D eigenvalue weighted by atomic mass is 32.1. The summed E-state index contributed by atoms with van der Waals surface area (Å²) in [5.74, 6) is 14.0. The van der Waals surface area contributed by atoms with Gasteiger partial charge in [-0.3, -0.25) is 0 Å². The molecule has 2 aromatic carbocycles. The first-order valence-electron chi connectivity index (χ1n) is 9.28. The third-order valence-electron chi connectivity index (χ3n) is 4.74. The van der Waals surface area contributed by atoms with Crippen LogP contribution in [0.4, 0.5) is 0 Å². The van der Waals surface area contributed by atoms with E-state index in [2.05, 4.69) is 66.2 Å². The molecule has 0 N–H and O–H groups in total. The molecule has 4 aromatic rings. The molecule has 2 heterocycles. The van der Waals surface area contributed by atoms with Crippen molar-refractivity contribution in [2.24, 2.45) is 0 Å². The summed E-state index contributed by atoms with van der Waals surface area (Å²) >= 11 is 3.49. The number of benzene rings is 2. The van der Waals surface area contributed by atoms with E-state index in [1.54, 1.807) is 29.8 Å². The molecule has 29 heavy (non-hydrogen) atoms. The second-order valence-electron chi connectivity index (χ2n) is 6.66. The van der Waals surface area contributed by atoms with Crippen LogP contribution in [0.5, 0.6) is 5.75 Å². The Bertz CT molecular complexity index is 1400. The fraction of sp³-hybridized carbons (Fsp3) is 0.0769. The Hall–Kier alpha value is -3.24. The van der Waals surface area contributed by atoms with Crippen molar-refractivity contribution in [3.63, 3.8) is 0 Å². The molecular formula is C26H16OS2. The molecule has 3 heteroatoms. The zero-order valence-electron chi connectivity index (χ0n) is 15.8. The summed E-state index contributed by atoms with van der Waals surface area (Å²) in [5, 5.41) is 2.53. The van der Waals surface area contributed by atoms with Gasteiger partial charge in [0.2, 0.25) is 0 Å². The smallest absolute Gasteiger partial charge is 0.118 e. The zero-order valence-corrected chi connectivity index (χ0v) is 17.4. The summed E-state index contributed by atoms with van der Waals surface area (Å²) in [7, 11) is 1.67. The van der Waals surface area contributed by atoms with Gasteiger partial charge in [0, 0.05) is 31.3 Å². The van der Waals surface area contributed by atoms with Crippen molar-refractivity contribution < 1.29 is 4.74 Å². The van der Waals surface area contributed by atoms with Crippen LogP contribution in [0.2, 0.25) is 0 Å². The second-order valence-corrected chi connectivity index (χ2v) is 8.83. The van der Waals surface area contributed by atoms with Gasteiger partial charge in [0.05, 0.1) is 16.9 Å². The molecule has 0 fully saturated rings. The number of ether oxygens (including phenoxy) is 1. The van der Waals surface area contributed by atoms with E-state index in [1.165, 1.54) is 25.7 Å². The molecular weight excluding hydrogens is 392 g/mol. The van der Waals surface area contributed by atoms with Crippen LogP contribution < -0.4 is 4.74 Å². The van der Waals surface area contributed by atoms with E-state index in [-0.39, 0.29) is 0 Å². The molecule has 0 spiro atoms. The first kappa shape index (κ1) is 17.8. The van der Waals surface area contributed by atoms with E-state index >= 15 is 0 Å². The molecule has 0 saturated heterocycles. The van der Waals surface area contributed by atoms with E-state index in [9.17, 15) is 0 Å². The first-order valence-corrected chi connectivity index (χ1v) is 10.9. The average molecular weight is 409 g/mol. The fourth-order valence-corrected chi connectivity index (χ4v) is 5.10. The van der Waals surface area contributed by atoms with Crippen molar-refractivity contribution in [3.8, 4) is 29.4 Å². The summed E-state index contributed by atoms with van der Waals surface area (Å²) < 4.78 is 7.73. The Kier molecular flexibility index (Phi) is 4.70. The van der Waals surface area contributed by atoms with Gasteiger partial charge in [0.25, 0.3) is 0 Å². The minimum Gasteiger partial charge on any atom is -0.497 e.